The van der Waals surface area contributed by atoms with Gasteiger partial charge in [0.2, 0.25) is 0 Å². The Morgan fingerprint density at radius 2 is 2.05 bits per heavy atom. The van der Waals surface area contributed by atoms with Crippen LogP contribution in [-0.2, 0) is 6.18 Å². The van der Waals surface area contributed by atoms with E-state index in [1.54, 1.807) is 0 Å². The van der Waals surface area contributed by atoms with Gasteiger partial charge in [0.15, 0.2) is 0 Å². The minimum absolute atomic E-state index is 0.0424. The molecule has 2 unspecified atom stereocenters. The average molecular weight is 286 g/mol. The maximum Gasteiger partial charge on any atom is 0.416 e. The zero-order chi connectivity index (χ0) is 14.9. The Morgan fingerprint density at radius 3 is 2.55 bits per heavy atom. The highest BCUT2D eigenvalue weighted by atomic mass is 19.4. The van der Waals surface area contributed by atoms with Crippen LogP contribution in [0.25, 0.3) is 0 Å². The van der Waals surface area contributed by atoms with Crippen molar-refractivity contribution in [1.82, 2.24) is 5.32 Å². The molecule has 20 heavy (non-hydrogen) atoms. The third-order valence-electron chi connectivity index (χ3n) is 3.38. The van der Waals surface area contributed by atoms with E-state index in [0.717, 1.165) is 18.6 Å². The predicted molar refractivity (Wildman–Crippen MR) is 70.6 cm³/mol. The van der Waals surface area contributed by atoms with Crippen molar-refractivity contribution in [2.45, 2.75) is 32.5 Å². The van der Waals surface area contributed by atoms with E-state index in [4.69, 9.17) is 0 Å². The second-order valence-corrected chi connectivity index (χ2v) is 5.08. The molecule has 0 aromatic heterocycles. The van der Waals surface area contributed by atoms with Crippen LogP contribution in [0.15, 0.2) is 18.2 Å². The van der Waals surface area contributed by atoms with E-state index < -0.39 is 17.6 Å². The molecule has 1 aliphatic rings. The fraction of sp³-hybridized carbons (Fsp3) is 0.500. The molecule has 110 valence electrons. The van der Waals surface area contributed by atoms with Crippen molar-refractivity contribution in [3.8, 4) is 0 Å². The van der Waals surface area contributed by atoms with Gasteiger partial charge < -0.3 is 10.6 Å². The largest absolute Gasteiger partial charge is 0.416 e. The van der Waals surface area contributed by atoms with Gasteiger partial charge in [-0.25, -0.2) is 0 Å². The molecule has 2 N–H and O–H groups in total. The normalized spacial score (nSPS) is 21.4. The quantitative estimate of drug-likeness (QED) is 0.892. The third kappa shape index (κ3) is 3.23. The topological polar surface area (TPSA) is 41.1 Å². The molecule has 0 spiro atoms. The molecule has 2 rings (SSSR count). The van der Waals surface area contributed by atoms with Crippen LogP contribution in [0, 0.1) is 5.92 Å². The average Bonchev–Trinajstić information content (AvgIpc) is 3.04. The molecule has 1 fully saturated rings. The van der Waals surface area contributed by atoms with Gasteiger partial charge in [-0.05, 0) is 37.5 Å². The standard InChI is InChI=1S/C14H17F3N2O/c1-3-18-11-5-4-9(14(15,16)17)7-10(11)13(20)19-12-6-8(12)2/h4-5,7-8,12,18H,3,6H2,1-2H3,(H,19,20). The Morgan fingerprint density at radius 1 is 1.40 bits per heavy atom. The molecule has 1 saturated carbocycles. The minimum atomic E-state index is -4.45. The first-order valence-corrected chi connectivity index (χ1v) is 6.59. The molecule has 0 radical (unpaired) electrons. The Kier molecular flexibility index (Phi) is 3.92. The van der Waals surface area contributed by atoms with Crippen molar-refractivity contribution < 1.29 is 18.0 Å². The maximum atomic E-state index is 12.7. The lowest BCUT2D eigenvalue weighted by Crippen LogP contribution is -2.27. The number of anilines is 1. The van der Waals surface area contributed by atoms with Crippen molar-refractivity contribution in [1.29, 1.82) is 0 Å². The van der Waals surface area contributed by atoms with Gasteiger partial charge in [0.25, 0.3) is 5.91 Å². The summed E-state index contributed by atoms with van der Waals surface area (Å²) in [6, 6.07) is 3.26. The van der Waals surface area contributed by atoms with Gasteiger partial charge in [0.05, 0.1) is 11.1 Å². The fourth-order valence-electron chi connectivity index (χ4n) is 2.02. The number of alkyl halides is 3. The molecular formula is C14H17F3N2O. The first kappa shape index (κ1) is 14.7. The second-order valence-electron chi connectivity index (χ2n) is 5.08. The number of carbonyl (C=O) groups excluding carboxylic acids is 1. The molecule has 3 nitrogen and oxygen atoms in total. The van der Waals surface area contributed by atoms with Crippen molar-refractivity contribution >= 4 is 11.6 Å². The van der Waals surface area contributed by atoms with E-state index in [9.17, 15) is 18.0 Å². The highest BCUT2D eigenvalue weighted by molar-refractivity contribution is 6.00. The highest BCUT2D eigenvalue weighted by Gasteiger charge is 2.35. The summed E-state index contributed by atoms with van der Waals surface area (Å²) in [4.78, 5) is 12.1. The first-order valence-electron chi connectivity index (χ1n) is 6.59. The molecule has 0 heterocycles. The summed E-state index contributed by atoms with van der Waals surface area (Å²) in [5.74, 6) is -0.0614. The number of amides is 1. The summed E-state index contributed by atoms with van der Waals surface area (Å²) < 4.78 is 38.2. The Balaban J connectivity index is 2.28. The van der Waals surface area contributed by atoms with Crippen LogP contribution < -0.4 is 10.6 Å². The van der Waals surface area contributed by atoms with Gasteiger partial charge in [-0.1, -0.05) is 6.92 Å². The van der Waals surface area contributed by atoms with Crippen molar-refractivity contribution in [2.75, 3.05) is 11.9 Å². The summed E-state index contributed by atoms with van der Waals surface area (Å²) in [5.41, 5.74) is -0.347. The molecule has 1 aromatic rings. The maximum absolute atomic E-state index is 12.7. The number of carbonyl (C=O) groups is 1. The van der Waals surface area contributed by atoms with E-state index in [-0.39, 0.29) is 11.6 Å². The van der Waals surface area contributed by atoms with E-state index in [1.807, 2.05) is 13.8 Å². The number of nitrogens with one attached hydrogen (secondary N) is 2. The molecule has 1 aromatic carbocycles. The van der Waals surface area contributed by atoms with Gasteiger partial charge in [-0.3, -0.25) is 4.79 Å². The van der Waals surface area contributed by atoms with Crippen LogP contribution in [0.2, 0.25) is 0 Å². The SMILES string of the molecule is CCNc1ccc(C(F)(F)F)cc1C(=O)NC1CC1C. The van der Waals surface area contributed by atoms with Crippen molar-refractivity contribution in [3.63, 3.8) is 0 Å². The summed E-state index contributed by atoms with van der Waals surface area (Å²) in [6.45, 7) is 4.34. The lowest BCUT2D eigenvalue weighted by Gasteiger charge is -2.14. The lowest BCUT2D eigenvalue weighted by molar-refractivity contribution is -0.137. The van der Waals surface area contributed by atoms with Gasteiger partial charge in [-0.2, -0.15) is 13.2 Å². The Bertz CT molecular complexity index is 514. The van der Waals surface area contributed by atoms with Crippen LogP contribution in [0.1, 0.15) is 36.2 Å². The van der Waals surface area contributed by atoms with E-state index >= 15 is 0 Å². The summed E-state index contributed by atoms with van der Waals surface area (Å²) in [7, 11) is 0. The van der Waals surface area contributed by atoms with Gasteiger partial charge in [0.1, 0.15) is 0 Å². The van der Waals surface area contributed by atoms with E-state index in [1.165, 1.54) is 6.07 Å². The van der Waals surface area contributed by atoms with Crippen LogP contribution >= 0.6 is 0 Å². The molecule has 0 saturated heterocycles. The summed E-state index contributed by atoms with van der Waals surface area (Å²) in [6.07, 6.45) is -3.58. The van der Waals surface area contributed by atoms with Gasteiger partial charge >= 0.3 is 6.18 Å². The van der Waals surface area contributed by atoms with Crippen LogP contribution in [0.4, 0.5) is 18.9 Å². The number of halogens is 3. The summed E-state index contributed by atoms with van der Waals surface area (Å²) >= 11 is 0. The van der Waals surface area contributed by atoms with E-state index in [0.29, 0.717) is 18.2 Å². The van der Waals surface area contributed by atoms with E-state index in [2.05, 4.69) is 10.6 Å². The molecule has 1 aliphatic carbocycles. The zero-order valence-corrected chi connectivity index (χ0v) is 11.3. The second kappa shape index (κ2) is 5.34. The lowest BCUT2D eigenvalue weighted by atomic mass is 10.1. The Hall–Kier alpha value is -1.72. The molecule has 0 bridgehead atoms. The summed E-state index contributed by atoms with van der Waals surface area (Å²) in [5, 5.41) is 5.66. The van der Waals surface area contributed by atoms with Crippen LogP contribution in [0.5, 0.6) is 0 Å². The molecule has 0 aliphatic heterocycles. The zero-order valence-electron chi connectivity index (χ0n) is 11.3. The monoisotopic (exact) mass is 286 g/mol. The first-order chi connectivity index (χ1) is 9.32. The smallest absolute Gasteiger partial charge is 0.385 e. The Labute approximate surface area is 115 Å². The number of hydrogen-bond acceptors (Lipinski definition) is 2. The van der Waals surface area contributed by atoms with Crippen LogP contribution in [0.3, 0.4) is 0 Å². The van der Waals surface area contributed by atoms with Crippen LogP contribution in [-0.4, -0.2) is 18.5 Å². The fourth-order valence-corrected chi connectivity index (χ4v) is 2.02. The number of benzene rings is 1. The number of hydrogen-bond donors (Lipinski definition) is 2. The number of rotatable bonds is 4. The predicted octanol–water partition coefficient (Wildman–Crippen LogP) is 3.28. The minimum Gasteiger partial charge on any atom is -0.385 e. The molecular weight excluding hydrogens is 269 g/mol. The van der Waals surface area contributed by atoms with Gasteiger partial charge in [-0.15, -0.1) is 0 Å². The molecule has 6 heteroatoms. The van der Waals surface area contributed by atoms with Crippen molar-refractivity contribution in [3.05, 3.63) is 29.3 Å². The molecule has 2 atom stereocenters. The highest BCUT2D eigenvalue weighted by Crippen LogP contribution is 2.33. The third-order valence-corrected chi connectivity index (χ3v) is 3.38. The molecule has 1 amide bonds. The van der Waals surface area contributed by atoms with Gasteiger partial charge in [0, 0.05) is 18.3 Å². The van der Waals surface area contributed by atoms with Crippen molar-refractivity contribution in [2.24, 2.45) is 5.92 Å².